The molecular weight excluding hydrogens is 305 g/mol. The van der Waals surface area contributed by atoms with E-state index in [0.717, 1.165) is 16.8 Å². The van der Waals surface area contributed by atoms with Gasteiger partial charge >= 0.3 is 6.18 Å². The van der Waals surface area contributed by atoms with Crippen LogP contribution in [-0.4, -0.2) is 22.5 Å². The standard InChI is InChI=1S/C13H15F3N2S2/c1-12(2,19-3)7-17-11-18-9-6-8(13(14,15)16)4-5-10(9)20-11/h4-6H,7H2,1-3H3,(H,17,18). The molecule has 0 saturated carbocycles. The number of benzene rings is 1. The van der Waals surface area contributed by atoms with Gasteiger partial charge in [-0.2, -0.15) is 24.9 Å². The Bertz CT molecular complexity index is 605. The summed E-state index contributed by atoms with van der Waals surface area (Å²) in [7, 11) is 0. The Balaban J connectivity index is 2.21. The third kappa shape index (κ3) is 3.58. The SMILES string of the molecule is CSC(C)(C)CNc1nc2cc(C(F)(F)F)ccc2s1. The molecule has 0 amide bonds. The van der Waals surface area contributed by atoms with Gasteiger partial charge in [0.2, 0.25) is 0 Å². The lowest BCUT2D eigenvalue weighted by Gasteiger charge is -2.21. The molecule has 2 aromatic rings. The molecule has 1 aromatic carbocycles. The van der Waals surface area contributed by atoms with Crippen molar-refractivity contribution in [3.63, 3.8) is 0 Å². The summed E-state index contributed by atoms with van der Waals surface area (Å²) < 4.78 is 38.7. The van der Waals surface area contributed by atoms with E-state index in [0.29, 0.717) is 17.2 Å². The number of thioether (sulfide) groups is 1. The van der Waals surface area contributed by atoms with E-state index in [4.69, 9.17) is 0 Å². The third-order valence-corrected chi connectivity index (χ3v) is 5.18. The van der Waals surface area contributed by atoms with Crippen molar-refractivity contribution in [2.45, 2.75) is 24.8 Å². The van der Waals surface area contributed by atoms with Gasteiger partial charge in [0.1, 0.15) is 0 Å². The predicted octanol–water partition coefficient (Wildman–Crippen LogP) is 4.87. The van der Waals surface area contributed by atoms with Crippen LogP contribution in [0.2, 0.25) is 0 Å². The molecule has 20 heavy (non-hydrogen) atoms. The molecule has 1 N–H and O–H groups in total. The van der Waals surface area contributed by atoms with Gasteiger partial charge in [-0.3, -0.25) is 0 Å². The molecule has 7 heteroatoms. The van der Waals surface area contributed by atoms with Crippen LogP contribution in [0.3, 0.4) is 0 Å². The van der Waals surface area contributed by atoms with Crippen LogP contribution in [0.25, 0.3) is 10.2 Å². The molecule has 0 radical (unpaired) electrons. The fraction of sp³-hybridized carbons (Fsp3) is 0.462. The van der Waals surface area contributed by atoms with E-state index in [2.05, 4.69) is 24.1 Å². The molecular formula is C13H15F3N2S2. The van der Waals surface area contributed by atoms with Crippen LogP contribution in [0.1, 0.15) is 19.4 Å². The lowest BCUT2D eigenvalue weighted by atomic mass is 10.2. The van der Waals surface area contributed by atoms with Gasteiger partial charge in [-0.25, -0.2) is 4.98 Å². The van der Waals surface area contributed by atoms with Crippen molar-refractivity contribution in [3.8, 4) is 0 Å². The molecule has 0 aliphatic heterocycles. The summed E-state index contributed by atoms with van der Waals surface area (Å²) in [4.78, 5) is 4.22. The Labute approximate surface area is 123 Å². The number of hydrogen-bond acceptors (Lipinski definition) is 4. The highest BCUT2D eigenvalue weighted by Gasteiger charge is 2.30. The first-order valence-corrected chi connectivity index (χ1v) is 8.02. The van der Waals surface area contributed by atoms with Crippen molar-refractivity contribution >= 4 is 38.4 Å². The second-order valence-electron chi connectivity index (χ2n) is 5.02. The van der Waals surface area contributed by atoms with E-state index in [-0.39, 0.29) is 4.75 Å². The Morgan fingerprint density at radius 1 is 1.30 bits per heavy atom. The molecule has 2 rings (SSSR count). The highest BCUT2D eigenvalue weighted by atomic mass is 32.2. The zero-order valence-electron chi connectivity index (χ0n) is 11.3. The number of anilines is 1. The highest BCUT2D eigenvalue weighted by Crippen LogP contribution is 2.34. The Morgan fingerprint density at radius 2 is 2.00 bits per heavy atom. The molecule has 110 valence electrons. The minimum absolute atomic E-state index is 0.0506. The zero-order valence-corrected chi connectivity index (χ0v) is 13.0. The molecule has 0 unspecified atom stereocenters. The predicted molar refractivity (Wildman–Crippen MR) is 80.7 cm³/mol. The van der Waals surface area contributed by atoms with Crippen molar-refractivity contribution in [1.82, 2.24) is 4.98 Å². The fourth-order valence-corrected chi connectivity index (χ4v) is 2.60. The number of fused-ring (bicyclic) bond motifs is 1. The monoisotopic (exact) mass is 320 g/mol. The first kappa shape index (κ1) is 15.4. The van der Waals surface area contributed by atoms with E-state index in [1.165, 1.54) is 17.4 Å². The molecule has 0 aliphatic rings. The number of halogens is 3. The molecule has 1 aromatic heterocycles. The number of nitrogens with one attached hydrogen (secondary N) is 1. The van der Waals surface area contributed by atoms with Gasteiger partial charge < -0.3 is 5.32 Å². The van der Waals surface area contributed by atoms with Gasteiger partial charge in [0.05, 0.1) is 15.8 Å². The van der Waals surface area contributed by atoms with Crippen molar-refractivity contribution in [1.29, 1.82) is 0 Å². The average Bonchev–Trinajstić information content (AvgIpc) is 2.77. The zero-order chi connectivity index (χ0) is 15.0. The number of nitrogens with zero attached hydrogens (tertiary/aromatic N) is 1. The molecule has 1 heterocycles. The van der Waals surface area contributed by atoms with Gasteiger partial charge in [0, 0.05) is 11.3 Å². The summed E-state index contributed by atoms with van der Waals surface area (Å²) in [6.45, 7) is 4.90. The second kappa shape index (κ2) is 5.44. The van der Waals surface area contributed by atoms with Gasteiger partial charge in [-0.15, -0.1) is 0 Å². The first-order chi connectivity index (χ1) is 9.21. The normalized spacial score (nSPS) is 12.9. The largest absolute Gasteiger partial charge is 0.416 e. The van der Waals surface area contributed by atoms with E-state index >= 15 is 0 Å². The summed E-state index contributed by atoms with van der Waals surface area (Å²) in [6, 6.07) is 3.66. The van der Waals surface area contributed by atoms with Crippen LogP contribution >= 0.6 is 23.1 Å². The number of rotatable bonds is 4. The van der Waals surface area contributed by atoms with Crippen LogP contribution in [0.5, 0.6) is 0 Å². The maximum atomic E-state index is 12.6. The second-order valence-corrected chi connectivity index (χ2v) is 7.56. The Hall–Kier alpha value is -0.950. The maximum Gasteiger partial charge on any atom is 0.416 e. The number of hydrogen-bond donors (Lipinski definition) is 1. The van der Waals surface area contributed by atoms with Crippen LogP contribution in [0.15, 0.2) is 18.2 Å². The maximum absolute atomic E-state index is 12.6. The summed E-state index contributed by atoms with van der Waals surface area (Å²) in [6.07, 6.45) is -2.30. The highest BCUT2D eigenvalue weighted by molar-refractivity contribution is 7.99. The average molecular weight is 320 g/mol. The van der Waals surface area contributed by atoms with Gasteiger partial charge in [-0.05, 0) is 38.3 Å². The van der Waals surface area contributed by atoms with Crippen LogP contribution in [-0.2, 0) is 6.18 Å². The summed E-state index contributed by atoms with van der Waals surface area (Å²) in [5, 5.41) is 3.84. The fourth-order valence-electron chi connectivity index (χ4n) is 1.54. The van der Waals surface area contributed by atoms with Gasteiger partial charge in [-0.1, -0.05) is 11.3 Å². The van der Waals surface area contributed by atoms with Crippen molar-refractivity contribution in [2.24, 2.45) is 0 Å². The van der Waals surface area contributed by atoms with Gasteiger partial charge in [0.25, 0.3) is 0 Å². The minimum atomic E-state index is -4.33. The third-order valence-electron chi connectivity index (χ3n) is 2.93. The molecule has 0 spiro atoms. The summed E-state index contributed by atoms with van der Waals surface area (Å²) >= 11 is 3.09. The van der Waals surface area contributed by atoms with Crippen molar-refractivity contribution in [2.75, 3.05) is 18.1 Å². The molecule has 0 fully saturated rings. The lowest BCUT2D eigenvalue weighted by molar-refractivity contribution is -0.137. The van der Waals surface area contributed by atoms with Crippen molar-refractivity contribution in [3.05, 3.63) is 23.8 Å². The molecule has 0 atom stereocenters. The molecule has 0 aliphatic carbocycles. The molecule has 0 bridgehead atoms. The first-order valence-electron chi connectivity index (χ1n) is 5.98. The lowest BCUT2D eigenvalue weighted by Crippen LogP contribution is -2.25. The topological polar surface area (TPSA) is 24.9 Å². The van der Waals surface area contributed by atoms with E-state index in [1.807, 2.05) is 6.26 Å². The van der Waals surface area contributed by atoms with E-state index in [1.54, 1.807) is 11.8 Å². The van der Waals surface area contributed by atoms with Crippen molar-refractivity contribution < 1.29 is 13.2 Å². The molecule has 2 nitrogen and oxygen atoms in total. The summed E-state index contributed by atoms with van der Waals surface area (Å²) in [5.74, 6) is 0. The van der Waals surface area contributed by atoms with E-state index in [9.17, 15) is 13.2 Å². The minimum Gasteiger partial charge on any atom is -0.360 e. The van der Waals surface area contributed by atoms with Gasteiger partial charge in [0.15, 0.2) is 5.13 Å². The number of aromatic nitrogens is 1. The smallest absolute Gasteiger partial charge is 0.360 e. The molecule has 0 saturated heterocycles. The van der Waals surface area contributed by atoms with E-state index < -0.39 is 11.7 Å². The van der Waals surface area contributed by atoms with Crippen LogP contribution in [0, 0.1) is 0 Å². The van der Waals surface area contributed by atoms with Crippen LogP contribution < -0.4 is 5.32 Å². The quantitative estimate of drug-likeness (QED) is 0.870. The van der Waals surface area contributed by atoms with Crippen LogP contribution in [0.4, 0.5) is 18.3 Å². The Morgan fingerprint density at radius 3 is 2.60 bits per heavy atom. The Kier molecular flexibility index (Phi) is 4.20. The number of thiazole rings is 1. The summed E-state index contributed by atoms with van der Waals surface area (Å²) in [5.41, 5.74) is -0.277. The number of alkyl halides is 3.